The summed E-state index contributed by atoms with van der Waals surface area (Å²) in [6.07, 6.45) is -2.63. The lowest BCUT2D eigenvalue weighted by Gasteiger charge is -2.33. The molecule has 4 saturated heterocycles. The molecule has 55 heteroatoms. The number of rotatable bonds is 64. The van der Waals surface area contributed by atoms with Crippen LogP contribution >= 0.6 is 11.8 Å². The number of hydrogen-bond donors (Lipinski definition) is 27. The van der Waals surface area contributed by atoms with E-state index in [9.17, 15) is 136 Å². The molecule has 0 aliphatic carbocycles. The summed E-state index contributed by atoms with van der Waals surface area (Å²) in [5.41, 5.74) is 45.1. The van der Waals surface area contributed by atoms with Crippen LogP contribution in [0.25, 0.3) is 0 Å². The minimum Gasteiger partial charge on any atom is -0.481 e. The molecule has 0 saturated carbocycles. The quantitative estimate of drug-likeness (QED) is 0.0153. The number of nitrogens with two attached hydrogens (primary N) is 8. The number of guanidine groups is 1. The Morgan fingerprint density at radius 1 is 0.364 bits per heavy atom. The van der Waals surface area contributed by atoms with Gasteiger partial charge in [0.2, 0.25) is 112 Å². The van der Waals surface area contributed by atoms with E-state index in [0.717, 1.165) is 11.8 Å². The maximum Gasteiger partial charge on any atom is 0.326 e. The van der Waals surface area contributed by atoms with Gasteiger partial charge in [-0.05, 0) is 193 Å². The summed E-state index contributed by atoms with van der Waals surface area (Å²) in [5.74, 6) is -24.2. The van der Waals surface area contributed by atoms with Crippen molar-refractivity contribution < 1.29 is 136 Å². The molecule has 35 N–H and O–H groups in total. The van der Waals surface area contributed by atoms with E-state index < -0.39 is 303 Å². The fourth-order valence-corrected chi connectivity index (χ4v) is 16.7. The van der Waals surface area contributed by atoms with Gasteiger partial charge in [-0.1, -0.05) is 13.8 Å². The molecule has 4 heterocycles. The van der Waals surface area contributed by atoms with Gasteiger partial charge in [0.25, 0.3) is 0 Å². The lowest BCUT2D eigenvalue weighted by molar-refractivity contribution is -0.149. The Labute approximate surface area is 813 Å². The molecule has 54 nitrogen and oxygen atoms in total. The minimum atomic E-state index is -2.01. The zero-order valence-electron chi connectivity index (χ0n) is 79.6. The van der Waals surface area contributed by atoms with Crippen LogP contribution in [0.5, 0.6) is 0 Å². The third-order valence-electron chi connectivity index (χ3n) is 23.8. The second-order valence-corrected chi connectivity index (χ2v) is 36.2. The second kappa shape index (κ2) is 61.3. The maximum atomic E-state index is 14.9. The molecule has 19 atom stereocenters. The number of aliphatic hydroxyl groups is 3. The average molecular weight is 2010 g/mol. The first-order valence-electron chi connectivity index (χ1n) is 46.9. The van der Waals surface area contributed by atoms with Crippen LogP contribution in [0.3, 0.4) is 0 Å². The van der Waals surface area contributed by atoms with Crippen LogP contribution in [0, 0.1) is 5.92 Å². The first-order valence-corrected chi connectivity index (χ1v) is 48.3. The van der Waals surface area contributed by atoms with E-state index in [1.807, 2.05) is 5.32 Å². The molecular weight excluding hydrogens is 1870 g/mol. The Balaban J connectivity index is 1.55. The zero-order chi connectivity index (χ0) is 105. The number of unbranched alkanes of at least 4 members (excludes halogenated alkanes) is 3. The van der Waals surface area contributed by atoms with Crippen LogP contribution < -0.4 is 115 Å². The molecule has 0 aromatic carbocycles. The predicted octanol–water partition coefficient (Wildman–Crippen LogP) is -11.6. The SMILES string of the molecule is CSCC[C@H](NC(=O)[C@H](CCCCN)NC(=O)[C@@H]1CCCN1C(=O)[C@@H]1CCCN1C(=O)[C@H](CC(=O)O)NC(=O)[C@@H](CCCN=C(N)N)NC(=O)[C@H](CCCCN)NC(=O)[C@H](CO)NC(=O)[C@@H]1CCCN1C(=O)[C@@H]1CCCN1C(=O)[C@H](CCCCN)NC(=O)[C@H](CO)NC(=O)[C@H](CCC(N)=O)NC(=O)[C@@H](NC(=O)[C@H](C)N)C(C)C)C(=O)N[C@@H](CCC(N)=O)C(=O)N[C@H](C(=O)N[C@@H](CC(=O)O)C(=O)O)[C@@H](C)O. The number of carboxylic acids is 3. The van der Waals surface area contributed by atoms with Crippen molar-refractivity contribution in [3.63, 3.8) is 0 Å². The van der Waals surface area contributed by atoms with Gasteiger partial charge < -0.3 is 165 Å². The van der Waals surface area contributed by atoms with E-state index in [4.69, 9.17) is 45.9 Å². The summed E-state index contributed by atoms with van der Waals surface area (Å²) in [6, 6.07) is -28.0. The van der Waals surface area contributed by atoms with Gasteiger partial charge in [-0.25, -0.2) is 4.79 Å². The number of aliphatic hydroxyl groups excluding tert-OH is 3. The number of primary amides is 2. The van der Waals surface area contributed by atoms with E-state index in [1.54, 1.807) is 20.1 Å². The molecule has 0 unspecified atom stereocenters. The molecule has 140 heavy (non-hydrogen) atoms. The van der Waals surface area contributed by atoms with Crippen molar-refractivity contribution in [2.75, 3.05) is 77.6 Å². The number of carboxylic acid groups (broad SMARTS) is 3. The van der Waals surface area contributed by atoms with Gasteiger partial charge in [0, 0.05) is 45.6 Å². The molecule has 4 aliphatic rings. The lowest BCUT2D eigenvalue weighted by Crippen LogP contribution is -2.61. The highest BCUT2D eigenvalue weighted by molar-refractivity contribution is 7.98. The number of amides is 19. The standard InChI is InChI=1S/C85H144N26O28S/c1-43(2)65(106-67(121)44(3)89)78(132)100-49(25-27-61(90)115)71(125)104-55(41-112)75(129)101-52(19-8-11-32-88)80(134)110-36-15-23-59(110)82(136)109-35-14-22-58(109)77(131)105-56(42-113)74(128)96-46(17-6-9-30-86)68(122)95-48(20-12-33-94-85(92)93)70(124)102-53(39-63(117)118)81(135)111-37-16-24-60(111)83(137)108-34-13-21-57(108)76(130)99-47(18-7-10-31-87)69(123)98-51(29-38-140-5)72(126)97-50(26-28-62(91)116)73(127)107-66(45(4)114)79(133)103-54(84(138)139)40-64(119)120/h43-60,65-66,112-114H,6-42,86-89H2,1-5H3,(H2,90,115)(H2,91,116)(H,95,122)(H,96,128)(H,97,126)(H,98,123)(H,99,130)(H,100,132)(H,101,129)(H,102,124)(H,103,133)(H,104,125)(H,105,131)(H,106,121)(H,107,127)(H,117,118)(H,119,120)(H,138,139)(H4,92,93,94)/t44-,45+,46-,47-,48+,49-,50-,51-,52-,53-,54-,55-,56-,57-,58-,59-,60-,65-,66-/m0/s1. The summed E-state index contributed by atoms with van der Waals surface area (Å²) >= 11 is 1.24. The van der Waals surface area contributed by atoms with Crippen molar-refractivity contribution in [3.8, 4) is 0 Å². The number of likely N-dealkylation sites (tertiary alicyclic amines) is 4. The number of carbonyl (C=O) groups is 22. The first-order chi connectivity index (χ1) is 66.2. The minimum absolute atomic E-state index is 0.0133. The number of nitrogens with zero attached hydrogens (tertiary/aromatic N) is 5. The highest BCUT2D eigenvalue weighted by atomic mass is 32.2. The highest BCUT2D eigenvalue weighted by Gasteiger charge is 2.49. The van der Waals surface area contributed by atoms with Gasteiger partial charge in [-0.2, -0.15) is 11.8 Å². The van der Waals surface area contributed by atoms with E-state index in [1.165, 1.54) is 33.4 Å². The normalized spacial score (nSPS) is 18.8. The highest BCUT2D eigenvalue weighted by Crippen LogP contribution is 2.30. The topological polar surface area (TPSA) is 887 Å². The van der Waals surface area contributed by atoms with Gasteiger partial charge in [0.15, 0.2) is 5.96 Å². The Kier molecular flexibility index (Phi) is 52.5. The van der Waals surface area contributed by atoms with Crippen LogP contribution in [0.4, 0.5) is 0 Å². The molecule has 4 rings (SSSR count). The van der Waals surface area contributed by atoms with E-state index >= 15 is 0 Å². The summed E-state index contributed by atoms with van der Waals surface area (Å²) in [4.78, 5) is 311. The van der Waals surface area contributed by atoms with Gasteiger partial charge in [0.1, 0.15) is 103 Å². The number of nitrogens with one attached hydrogen (secondary N) is 13. The van der Waals surface area contributed by atoms with E-state index in [-0.39, 0.29) is 180 Å². The largest absolute Gasteiger partial charge is 0.481 e. The summed E-state index contributed by atoms with van der Waals surface area (Å²) in [6.45, 7) is 3.41. The summed E-state index contributed by atoms with van der Waals surface area (Å²) in [5, 5.41) is 92.4. The summed E-state index contributed by atoms with van der Waals surface area (Å²) < 4.78 is 0. The van der Waals surface area contributed by atoms with E-state index in [0.29, 0.717) is 12.8 Å². The Bertz CT molecular complexity index is 4320. The third kappa shape index (κ3) is 39.0. The van der Waals surface area contributed by atoms with Crippen LogP contribution in [0.2, 0.25) is 0 Å². The van der Waals surface area contributed by atoms with Gasteiger partial charge in [-0.15, -0.1) is 0 Å². The van der Waals surface area contributed by atoms with E-state index in [2.05, 4.69) is 68.8 Å². The molecule has 19 amide bonds. The van der Waals surface area contributed by atoms with Crippen LogP contribution in [-0.4, -0.2) is 379 Å². The lowest BCUT2D eigenvalue weighted by atomic mass is 10.0. The van der Waals surface area contributed by atoms with Crippen molar-refractivity contribution in [1.82, 2.24) is 88.7 Å². The van der Waals surface area contributed by atoms with Crippen LogP contribution in [0.1, 0.15) is 195 Å². The predicted molar refractivity (Wildman–Crippen MR) is 499 cm³/mol. The fraction of sp³-hybridized carbons (Fsp3) is 0.729. The molecule has 0 bridgehead atoms. The van der Waals surface area contributed by atoms with Crippen LogP contribution in [-0.2, 0) is 105 Å². The van der Waals surface area contributed by atoms with Gasteiger partial charge in [-0.3, -0.25) is 106 Å². The molecule has 0 radical (unpaired) electrons. The number of carbonyl (C=O) groups excluding carboxylic acids is 19. The Morgan fingerprint density at radius 3 is 1.06 bits per heavy atom. The third-order valence-corrected chi connectivity index (χ3v) is 24.5. The molecule has 0 spiro atoms. The zero-order valence-corrected chi connectivity index (χ0v) is 80.5. The monoisotopic (exact) mass is 2010 g/mol. The fourth-order valence-electron chi connectivity index (χ4n) is 16.2. The number of aliphatic carboxylic acids is 3. The number of hydrogen-bond acceptors (Lipinski definition) is 31. The average Bonchev–Trinajstić information content (AvgIpc) is 1.65. The van der Waals surface area contributed by atoms with Crippen LogP contribution in [0.15, 0.2) is 4.99 Å². The second-order valence-electron chi connectivity index (χ2n) is 35.2. The van der Waals surface area contributed by atoms with Crippen molar-refractivity contribution in [1.29, 1.82) is 0 Å². The van der Waals surface area contributed by atoms with Crippen molar-refractivity contribution in [3.05, 3.63) is 0 Å². The van der Waals surface area contributed by atoms with Gasteiger partial charge in [0.05, 0.1) is 38.2 Å². The molecule has 0 aromatic rings. The first kappa shape index (κ1) is 120. The number of thioether (sulfide) groups is 1. The smallest absolute Gasteiger partial charge is 0.326 e. The Hall–Kier alpha value is -12.3. The van der Waals surface area contributed by atoms with Crippen molar-refractivity contribution in [2.45, 2.75) is 309 Å². The molecule has 788 valence electrons. The molecule has 4 fully saturated rings. The molecular formula is C85H144N26O28S. The Morgan fingerprint density at radius 2 is 0.679 bits per heavy atom. The molecule has 4 aliphatic heterocycles. The van der Waals surface area contributed by atoms with Crippen molar-refractivity contribution in [2.24, 2.45) is 56.8 Å². The maximum absolute atomic E-state index is 14.9. The molecule has 0 aromatic heterocycles. The number of aliphatic imine (C=N–C) groups is 1. The van der Waals surface area contributed by atoms with Gasteiger partial charge >= 0.3 is 17.9 Å². The summed E-state index contributed by atoms with van der Waals surface area (Å²) in [7, 11) is 0. The van der Waals surface area contributed by atoms with Crippen molar-refractivity contribution >= 4 is 148 Å².